The van der Waals surface area contributed by atoms with Crippen LogP contribution in [0.5, 0.6) is 0 Å². The Bertz CT molecular complexity index is 4360. The Balaban J connectivity index is 1.56. The van der Waals surface area contributed by atoms with Crippen LogP contribution < -0.4 is 0 Å². The fourth-order valence-corrected chi connectivity index (χ4v) is 5.82. The molecule has 0 saturated heterocycles. The molecule has 1 heteroatoms. The lowest BCUT2D eigenvalue weighted by Gasteiger charge is -2.20. The van der Waals surface area contributed by atoms with Crippen LogP contribution in [0.15, 0.2) is 174 Å². The van der Waals surface area contributed by atoms with Crippen LogP contribution in [-0.2, 0) is 0 Å². The quantitative estimate of drug-likeness (QED) is 0.178. The van der Waals surface area contributed by atoms with Gasteiger partial charge in [0.25, 0.3) is 0 Å². The highest BCUT2D eigenvalue weighted by atomic mass is 16.3. The summed E-state index contributed by atoms with van der Waals surface area (Å²) in [5, 5.41) is -6.59. The van der Waals surface area contributed by atoms with Crippen molar-refractivity contribution in [2.45, 2.75) is 0 Å². The molecule has 0 amide bonds. The summed E-state index contributed by atoms with van der Waals surface area (Å²) in [6.45, 7) is 0. The lowest BCUT2D eigenvalue weighted by molar-refractivity contribution is 0.669. The van der Waals surface area contributed by atoms with Gasteiger partial charge in [-0.15, -0.1) is 0 Å². The highest BCUT2D eigenvalue weighted by Crippen LogP contribution is 2.48. The first kappa shape index (κ1) is 10.7. The fourth-order valence-electron chi connectivity index (χ4n) is 5.82. The number of fused-ring (bicyclic) bond motifs is 7. The third kappa shape index (κ3) is 3.97. The van der Waals surface area contributed by atoms with Crippen molar-refractivity contribution in [3.63, 3.8) is 0 Å². The van der Waals surface area contributed by atoms with E-state index in [0.29, 0.717) is 0 Å². The second-order valence-electron chi connectivity index (χ2n) is 10.3. The maximum Gasteiger partial charge on any atom is 0.136 e. The Kier molecular flexibility index (Phi) is 2.31. The van der Waals surface area contributed by atoms with Crippen LogP contribution in [0.4, 0.5) is 0 Å². The summed E-state index contributed by atoms with van der Waals surface area (Å²) >= 11 is 0. The minimum atomic E-state index is -1.10. The van der Waals surface area contributed by atoms with Crippen LogP contribution in [0.25, 0.3) is 98.4 Å². The van der Waals surface area contributed by atoms with E-state index in [-0.39, 0.29) is 0 Å². The van der Waals surface area contributed by atoms with E-state index in [9.17, 15) is 15.1 Å². The first-order chi connectivity index (χ1) is 35.0. The van der Waals surface area contributed by atoms with Gasteiger partial charge in [0.2, 0.25) is 0 Å². The van der Waals surface area contributed by atoms with Gasteiger partial charge in [0.1, 0.15) is 11.2 Å². The molecule has 0 unspecified atom stereocenters. The minimum Gasteiger partial charge on any atom is -0.456 e. The molecule has 0 spiro atoms. The topological polar surface area (TPSA) is 13.1 Å². The minimum absolute atomic E-state index is 0.498. The summed E-state index contributed by atoms with van der Waals surface area (Å²) in [7, 11) is 0. The van der Waals surface area contributed by atoms with Crippen LogP contribution in [-0.4, -0.2) is 0 Å². The SMILES string of the molecule is [2H]c1c([2H])c([2H])c(-c2c([2H])c([2H])c([2H])c3oc4c([2H])c5c([2H])c([2H])c([2H])c([2H])c5c([2H])c4c23)c(-c2c3c([2H])c([2H])c([2H])c([2H])c3c(-c3c([2H])c([2H])c4c([2H])c([2H])c([2H])c([2H])c4c3[2H])c3c([2H])c([2H])c([2H])c([2H])c23)c1[2H]. The molecule has 0 radical (unpaired) electrons. The van der Waals surface area contributed by atoms with Gasteiger partial charge in [0, 0.05) is 10.8 Å². The van der Waals surface area contributed by atoms with E-state index in [0.717, 1.165) is 0 Å². The maximum atomic E-state index is 9.67. The number of hydrogen-bond acceptors (Lipinski definition) is 1. The van der Waals surface area contributed by atoms with Crippen LogP contribution in [0.2, 0.25) is 0 Å². The fraction of sp³-hybridized carbons (Fsp3) is 0. The molecule has 0 saturated carbocycles. The molecular weight excluding hydrogens is 569 g/mol. The third-order valence-corrected chi connectivity index (χ3v) is 7.76. The van der Waals surface area contributed by atoms with Gasteiger partial charge in [-0.1, -0.05) is 145 Å². The monoisotopic (exact) mass is 624 g/mol. The lowest BCUT2D eigenvalue weighted by atomic mass is 9.83. The zero-order valence-corrected chi connectivity index (χ0v) is 23.4. The molecular formula is C46H28O. The average Bonchev–Trinajstić information content (AvgIpc) is 3.79. The van der Waals surface area contributed by atoms with Crippen molar-refractivity contribution in [3.8, 4) is 33.4 Å². The van der Waals surface area contributed by atoms with Gasteiger partial charge < -0.3 is 4.42 Å². The lowest BCUT2D eigenvalue weighted by Crippen LogP contribution is -1.93. The number of hydrogen-bond donors (Lipinski definition) is 0. The molecule has 0 aliphatic heterocycles. The van der Waals surface area contributed by atoms with Gasteiger partial charge >= 0.3 is 0 Å². The smallest absolute Gasteiger partial charge is 0.136 e. The Morgan fingerprint density at radius 3 is 1.57 bits per heavy atom. The number of rotatable bonds is 3. The summed E-state index contributed by atoms with van der Waals surface area (Å²) in [6.07, 6.45) is 0. The number of furan rings is 1. The summed E-state index contributed by atoms with van der Waals surface area (Å²) in [4.78, 5) is 0. The molecule has 0 aliphatic rings. The standard InChI is InChI=1S/C46H28O/c1-2-13-30-26-33(25-24-29(30)12-1)44-37-18-7-9-20-39(37)45(40-21-10-8-19-38(40)44)35-17-6-5-16-34(35)36-22-11-23-42-46(36)41-27-31-14-3-4-15-32(31)28-43(41)47-42/h1-28H/i1D,2D,3D,4D,5D,6D,7D,8D,9D,10D,11D,12D,13D,14D,15D,16D,17D,18D,19D,20D,21D,22D,23D,24D,25D,26D,27D,28D. The molecule has 10 rings (SSSR count). The van der Waals surface area contributed by atoms with Crippen molar-refractivity contribution < 1.29 is 42.8 Å². The van der Waals surface area contributed by atoms with Crippen molar-refractivity contribution in [1.82, 2.24) is 0 Å². The third-order valence-electron chi connectivity index (χ3n) is 7.76. The maximum absolute atomic E-state index is 9.67. The molecule has 0 fully saturated rings. The molecule has 1 heterocycles. The zero-order chi connectivity index (χ0) is 55.3. The Morgan fingerprint density at radius 2 is 0.872 bits per heavy atom. The van der Waals surface area contributed by atoms with E-state index in [1.807, 2.05) is 0 Å². The first-order valence-electron chi connectivity index (χ1n) is 27.9. The van der Waals surface area contributed by atoms with Gasteiger partial charge in [-0.05, 0) is 101 Å². The molecule has 1 aromatic heterocycles. The summed E-state index contributed by atoms with van der Waals surface area (Å²) in [5.74, 6) is 0. The highest BCUT2D eigenvalue weighted by molar-refractivity contribution is 6.24. The summed E-state index contributed by atoms with van der Waals surface area (Å²) in [5.41, 5.74) is -6.20. The van der Waals surface area contributed by atoms with E-state index >= 15 is 0 Å². The van der Waals surface area contributed by atoms with Crippen molar-refractivity contribution in [2.75, 3.05) is 0 Å². The van der Waals surface area contributed by atoms with Crippen molar-refractivity contribution in [1.29, 1.82) is 0 Å². The second-order valence-corrected chi connectivity index (χ2v) is 10.3. The van der Waals surface area contributed by atoms with E-state index in [1.165, 1.54) is 0 Å². The van der Waals surface area contributed by atoms with Gasteiger partial charge in [0.05, 0.1) is 38.4 Å². The second kappa shape index (κ2) is 10.2. The molecule has 9 aromatic carbocycles. The first-order valence-corrected chi connectivity index (χ1v) is 13.9. The molecule has 0 N–H and O–H groups in total. The van der Waals surface area contributed by atoms with E-state index in [4.69, 9.17) is 27.7 Å². The average molecular weight is 625 g/mol. The molecule has 0 bridgehead atoms. The van der Waals surface area contributed by atoms with Crippen molar-refractivity contribution in [3.05, 3.63) is 169 Å². The normalized spacial score (nSPS) is 20.2. The highest BCUT2D eigenvalue weighted by Gasteiger charge is 2.21. The molecule has 1 nitrogen and oxygen atoms in total. The largest absolute Gasteiger partial charge is 0.456 e. The molecule has 0 atom stereocenters. The molecule has 218 valence electrons. The van der Waals surface area contributed by atoms with Crippen molar-refractivity contribution >= 4 is 65.0 Å². The van der Waals surface area contributed by atoms with Gasteiger partial charge in [-0.25, -0.2) is 0 Å². The molecule has 10 aromatic rings. The van der Waals surface area contributed by atoms with E-state index in [1.54, 1.807) is 0 Å². The predicted octanol–water partition coefficient (Wildman–Crippen LogP) is 13.2. The van der Waals surface area contributed by atoms with Crippen LogP contribution in [0.3, 0.4) is 0 Å². The van der Waals surface area contributed by atoms with Gasteiger partial charge in [0.15, 0.2) is 0 Å². The molecule has 0 aliphatic carbocycles. The van der Waals surface area contributed by atoms with Crippen LogP contribution >= 0.6 is 0 Å². The van der Waals surface area contributed by atoms with Gasteiger partial charge in [-0.2, -0.15) is 0 Å². The summed E-state index contributed by atoms with van der Waals surface area (Å²) in [6, 6.07) is -26.4. The van der Waals surface area contributed by atoms with E-state index in [2.05, 4.69) is 0 Å². The Hall–Kier alpha value is -6.18. The summed E-state index contributed by atoms with van der Waals surface area (Å²) < 4.78 is 259. The molecule has 47 heavy (non-hydrogen) atoms. The predicted molar refractivity (Wildman–Crippen MR) is 200 cm³/mol. The van der Waals surface area contributed by atoms with E-state index < -0.39 is 268 Å². The number of benzene rings is 9. The Morgan fingerprint density at radius 1 is 0.340 bits per heavy atom. The van der Waals surface area contributed by atoms with Crippen molar-refractivity contribution in [2.24, 2.45) is 0 Å². The van der Waals surface area contributed by atoms with Gasteiger partial charge in [-0.3, -0.25) is 0 Å². The zero-order valence-electron chi connectivity index (χ0n) is 51.4. The van der Waals surface area contributed by atoms with Crippen LogP contribution in [0, 0.1) is 0 Å². The van der Waals surface area contributed by atoms with Crippen LogP contribution in [0.1, 0.15) is 38.4 Å². The Labute approximate surface area is 311 Å².